The molecule has 7 heteroatoms. The van der Waals surface area contributed by atoms with Gasteiger partial charge in [-0.05, 0) is 69.9 Å². The average Bonchev–Trinajstić information content (AvgIpc) is 3.22. The number of aromatic nitrogens is 2. The maximum atomic E-state index is 13.1. The van der Waals surface area contributed by atoms with Crippen LogP contribution in [0, 0.1) is 6.92 Å². The Balaban J connectivity index is 1.55. The molecule has 0 aliphatic carbocycles. The van der Waals surface area contributed by atoms with Gasteiger partial charge in [-0.25, -0.2) is 4.45 Å². The van der Waals surface area contributed by atoms with E-state index in [1.807, 2.05) is 60.9 Å². The van der Waals surface area contributed by atoms with Crippen LogP contribution in [0.4, 0.5) is 11.4 Å². The molecule has 2 unspecified atom stereocenters. The Bertz CT molecular complexity index is 1200. The number of carbonyl (C=O) groups is 1. The summed E-state index contributed by atoms with van der Waals surface area (Å²) in [6, 6.07) is 20.2. The lowest BCUT2D eigenvalue weighted by Crippen LogP contribution is -2.27. The fraction of sp³-hybridized carbons (Fsp3) is 0.130. The smallest absolute Gasteiger partial charge is 0.252 e. The van der Waals surface area contributed by atoms with Crippen molar-refractivity contribution in [2.24, 2.45) is 0 Å². The number of benzene rings is 3. The molecule has 0 radical (unpaired) electrons. The van der Waals surface area contributed by atoms with Crippen LogP contribution in [0.2, 0.25) is 0 Å². The van der Waals surface area contributed by atoms with Gasteiger partial charge in [0.05, 0.1) is 30.5 Å². The summed E-state index contributed by atoms with van der Waals surface area (Å²) in [5.74, 6) is -0.0824. The molecule has 4 rings (SSSR count). The summed E-state index contributed by atoms with van der Waals surface area (Å²) >= 11 is 2.28. The first-order valence-corrected chi connectivity index (χ1v) is 13.7. The van der Waals surface area contributed by atoms with Crippen LogP contribution >= 0.6 is 28.4 Å². The van der Waals surface area contributed by atoms with Crippen molar-refractivity contribution in [2.45, 2.75) is 19.9 Å². The van der Waals surface area contributed by atoms with Crippen molar-refractivity contribution in [2.75, 3.05) is 5.32 Å². The van der Waals surface area contributed by atoms with E-state index >= 15 is 0 Å². The summed E-state index contributed by atoms with van der Waals surface area (Å²) in [7, 11) is 0. The lowest BCUT2D eigenvalue weighted by Gasteiger charge is -2.18. The summed E-state index contributed by atoms with van der Waals surface area (Å²) in [4.78, 5) is 13.1. The second-order valence-corrected chi connectivity index (χ2v) is 9.25. The van der Waals surface area contributed by atoms with Crippen molar-refractivity contribution in [1.82, 2.24) is 14.9 Å². The monoisotopic (exact) mass is 528 g/mol. The zero-order valence-corrected chi connectivity index (χ0v) is 19.8. The SMILES string of the molecule is Cc1ccc(Nc2cnn(PI)c2)cc1C(=O)NC(C)c1cccc2ccccc12. The quantitative estimate of drug-likeness (QED) is 0.226. The first kappa shape index (κ1) is 20.8. The van der Waals surface area contributed by atoms with Gasteiger partial charge in [-0.2, -0.15) is 5.10 Å². The van der Waals surface area contributed by atoms with E-state index in [9.17, 15) is 4.79 Å². The molecule has 0 saturated heterocycles. The molecule has 1 amide bonds. The first-order valence-electron chi connectivity index (χ1n) is 9.62. The topological polar surface area (TPSA) is 59.0 Å². The highest BCUT2D eigenvalue weighted by molar-refractivity contribution is 14.2. The van der Waals surface area contributed by atoms with Gasteiger partial charge in [0.1, 0.15) is 0 Å². The Morgan fingerprint density at radius 3 is 2.70 bits per heavy atom. The predicted octanol–water partition coefficient (Wildman–Crippen LogP) is 6.37. The molecule has 5 nitrogen and oxygen atoms in total. The number of hydrogen-bond acceptors (Lipinski definition) is 3. The largest absolute Gasteiger partial charge is 0.353 e. The summed E-state index contributed by atoms with van der Waals surface area (Å²) < 4.78 is 1.87. The third-order valence-electron chi connectivity index (χ3n) is 5.08. The van der Waals surface area contributed by atoms with Crippen molar-refractivity contribution >= 4 is 56.5 Å². The van der Waals surface area contributed by atoms with Crippen molar-refractivity contribution in [3.8, 4) is 0 Å². The summed E-state index contributed by atoms with van der Waals surface area (Å²) in [6.45, 7) is 3.98. The Morgan fingerprint density at radius 1 is 1.10 bits per heavy atom. The molecule has 0 saturated carbocycles. The molecule has 0 aliphatic heterocycles. The van der Waals surface area contributed by atoms with Gasteiger partial charge in [0.15, 0.2) is 0 Å². The third kappa shape index (κ3) is 4.50. The number of amides is 1. The molecule has 0 fully saturated rings. The summed E-state index contributed by atoms with van der Waals surface area (Å²) in [5.41, 5.74) is 4.47. The van der Waals surface area contributed by atoms with Gasteiger partial charge in [0.2, 0.25) is 0 Å². The van der Waals surface area contributed by atoms with E-state index in [4.69, 9.17) is 0 Å². The van der Waals surface area contributed by atoms with E-state index in [1.54, 1.807) is 6.20 Å². The minimum absolute atomic E-state index is 0.0824. The number of carbonyl (C=O) groups excluding carboxylic acids is 1. The first-order chi connectivity index (χ1) is 14.5. The standard InChI is InChI=1S/C23H22IN4OP/c1-15-10-11-18(27-19-13-25-28(14-19)30-24)12-22(15)23(29)26-16(2)20-9-5-7-17-6-3-4-8-21(17)20/h3-14,16,27,30H,1-2H3,(H,26,29). The zero-order valence-electron chi connectivity index (χ0n) is 16.7. The lowest BCUT2D eigenvalue weighted by molar-refractivity contribution is 0.0939. The van der Waals surface area contributed by atoms with Crippen LogP contribution in [0.1, 0.15) is 34.5 Å². The van der Waals surface area contributed by atoms with Crippen LogP contribution in [-0.2, 0) is 0 Å². The van der Waals surface area contributed by atoms with Gasteiger partial charge in [0.25, 0.3) is 5.91 Å². The number of nitrogens with one attached hydrogen (secondary N) is 2. The van der Waals surface area contributed by atoms with Crippen LogP contribution in [0.15, 0.2) is 73.1 Å². The second-order valence-electron chi connectivity index (χ2n) is 7.18. The molecule has 2 atom stereocenters. The number of aryl methyl sites for hydroxylation is 1. The Kier molecular flexibility index (Phi) is 6.35. The zero-order chi connectivity index (χ0) is 21.1. The Labute approximate surface area is 190 Å². The van der Waals surface area contributed by atoms with Crippen molar-refractivity contribution in [3.63, 3.8) is 0 Å². The van der Waals surface area contributed by atoms with Crippen LogP contribution in [-0.4, -0.2) is 15.5 Å². The number of halogens is 1. The molecule has 1 heterocycles. The number of fused-ring (bicyclic) bond motifs is 1. The van der Waals surface area contributed by atoms with Crippen LogP contribution in [0.5, 0.6) is 0 Å². The molecular formula is C23H22IN4OP. The Morgan fingerprint density at radius 2 is 1.90 bits per heavy atom. The van der Waals surface area contributed by atoms with Gasteiger partial charge < -0.3 is 10.6 Å². The highest BCUT2D eigenvalue weighted by atomic mass is 127. The maximum absolute atomic E-state index is 13.1. The van der Waals surface area contributed by atoms with Crippen molar-refractivity contribution in [1.29, 1.82) is 0 Å². The fourth-order valence-corrected chi connectivity index (χ4v) is 4.61. The van der Waals surface area contributed by atoms with Gasteiger partial charge in [-0.3, -0.25) is 4.79 Å². The molecule has 0 spiro atoms. The third-order valence-corrected chi connectivity index (χ3v) is 6.98. The normalized spacial score (nSPS) is 12.4. The van der Waals surface area contributed by atoms with Crippen LogP contribution < -0.4 is 10.6 Å². The van der Waals surface area contributed by atoms with Crippen LogP contribution in [0.3, 0.4) is 0 Å². The van der Waals surface area contributed by atoms with E-state index in [1.165, 1.54) is 5.39 Å². The van der Waals surface area contributed by atoms with Crippen molar-refractivity contribution < 1.29 is 4.79 Å². The molecule has 3 aromatic carbocycles. The number of anilines is 2. The second kappa shape index (κ2) is 9.14. The molecule has 2 N–H and O–H groups in total. The molecule has 1 aromatic heterocycles. The van der Waals surface area contributed by atoms with E-state index in [0.717, 1.165) is 27.9 Å². The van der Waals surface area contributed by atoms with E-state index in [-0.39, 0.29) is 11.9 Å². The van der Waals surface area contributed by atoms with E-state index < -0.39 is 0 Å². The van der Waals surface area contributed by atoms with Gasteiger partial charge in [0, 0.05) is 11.3 Å². The number of rotatable bonds is 6. The summed E-state index contributed by atoms with van der Waals surface area (Å²) in [6.07, 6.45) is 4.29. The molecule has 4 aromatic rings. The molecular weight excluding hydrogens is 506 g/mol. The molecule has 152 valence electrons. The maximum Gasteiger partial charge on any atom is 0.252 e. The summed E-state index contributed by atoms with van der Waals surface area (Å²) in [5, 5.41) is 13.1. The van der Waals surface area contributed by atoms with Crippen molar-refractivity contribution in [3.05, 3.63) is 89.7 Å². The predicted molar refractivity (Wildman–Crippen MR) is 134 cm³/mol. The van der Waals surface area contributed by atoms with Gasteiger partial charge in [-0.1, -0.05) is 48.5 Å². The lowest BCUT2D eigenvalue weighted by atomic mass is 9.99. The highest BCUT2D eigenvalue weighted by Gasteiger charge is 2.16. The molecule has 30 heavy (non-hydrogen) atoms. The van der Waals surface area contributed by atoms with E-state index in [0.29, 0.717) is 11.9 Å². The highest BCUT2D eigenvalue weighted by Crippen LogP contribution is 2.27. The average molecular weight is 528 g/mol. The molecule has 0 bridgehead atoms. The van der Waals surface area contributed by atoms with Gasteiger partial charge in [-0.15, -0.1) is 0 Å². The van der Waals surface area contributed by atoms with E-state index in [2.05, 4.69) is 62.0 Å². The Hall–Kier alpha value is -2.44. The fourth-order valence-electron chi connectivity index (χ4n) is 3.52. The van der Waals surface area contributed by atoms with Gasteiger partial charge >= 0.3 is 0 Å². The number of hydrogen-bond donors (Lipinski definition) is 2. The van der Waals surface area contributed by atoms with Crippen LogP contribution in [0.25, 0.3) is 10.8 Å². The number of nitrogens with zero attached hydrogens (tertiary/aromatic N) is 2. The minimum atomic E-state index is -0.109. The minimum Gasteiger partial charge on any atom is -0.353 e. The molecule has 0 aliphatic rings.